The van der Waals surface area contributed by atoms with Crippen LogP contribution in [0.3, 0.4) is 0 Å². The SMILES string of the molecule is CC1=C(C(=O)Nc2ccc([N+](=O)[O-])cc2)C(c2ccc(OCc3ccccc3)cc2)NC(=O)N1. The summed E-state index contributed by atoms with van der Waals surface area (Å²) in [6, 6.07) is 21.4. The van der Waals surface area contributed by atoms with Gasteiger partial charge in [-0.25, -0.2) is 4.79 Å². The summed E-state index contributed by atoms with van der Waals surface area (Å²) in [5.41, 5.74) is 2.81. The number of carbonyl (C=O) groups excluding carboxylic acids is 2. The van der Waals surface area contributed by atoms with E-state index >= 15 is 0 Å². The van der Waals surface area contributed by atoms with E-state index in [1.807, 2.05) is 30.3 Å². The maximum atomic E-state index is 13.1. The van der Waals surface area contributed by atoms with Crippen LogP contribution in [-0.2, 0) is 11.4 Å². The lowest BCUT2D eigenvalue weighted by Crippen LogP contribution is -2.45. The Morgan fingerprint density at radius 2 is 1.71 bits per heavy atom. The van der Waals surface area contributed by atoms with Crippen LogP contribution in [0.5, 0.6) is 5.75 Å². The Balaban J connectivity index is 1.51. The van der Waals surface area contributed by atoms with Crippen LogP contribution in [0.2, 0.25) is 0 Å². The van der Waals surface area contributed by atoms with Crippen molar-refractivity contribution in [1.29, 1.82) is 0 Å². The molecule has 0 aliphatic carbocycles. The number of nitro groups is 1. The number of benzene rings is 3. The highest BCUT2D eigenvalue weighted by molar-refractivity contribution is 6.06. The van der Waals surface area contributed by atoms with Gasteiger partial charge in [0.25, 0.3) is 11.6 Å². The molecule has 0 spiro atoms. The molecule has 9 nitrogen and oxygen atoms in total. The van der Waals surface area contributed by atoms with Gasteiger partial charge in [0.15, 0.2) is 0 Å². The second-order valence-corrected chi connectivity index (χ2v) is 7.67. The Labute approximate surface area is 195 Å². The van der Waals surface area contributed by atoms with Crippen molar-refractivity contribution >= 4 is 23.3 Å². The van der Waals surface area contributed by atoms with Crippen LogP contribution in [0.15, 0.2) is 90.1 Å². The van der Waals surface area contributed by atoms with Gasteiger partial charge in [0.2, 0.25) is 0 Å². The second kappa shape index (κ2) is 9.86. The van der Waals surface area contributed by atoms with Gasteiger partial charge in [-0.05, 0) is 42.3 Å². The van der Waals surface area contributed by atoms with E-state index in [1.165, 1.54) is 24.3 Å². The van der Waals surface area contributed by atoms with E-state index < -0.39 is 22.9 Å². The number of rotatable bonds is 7. The van der Waals surface area contributed by atoms with Crippen molar-refractivity contribution in [3.05, 3.63) is 111 Å². The third-order valence-electron chi connectivity index (χ3n) is 5.31. The van der Waals surface area contributed by atoms with Gasteiger partial charge in [-0.2, -0.15) is 0 Å². The predicted octanol–water partition coefficient (Wildman–Crippen LogP) is 4.44. The molecule has 1 aliphatic heterocycles. The zero-order chi connectivity index (χ0) is 24.1. The molecule has 172 valence electrons. The van der Waals surface area contributed by atoms with Gasteiger partial charge in [-0.3, -0.25) is 14.9 Å². The van der Waals surface area contributed by atoms with E-state index in [9.17, 15) is 19.7 Å². The fourth-order valence-electron chi connectivity index (χ4n) is 3.61. The zero-order valence-electron chi connectivity index (χ0n) is 18.3. The quantitative estimate of drug-likeness (QED) is 0.357. The van der Waals surface area contributed by atoms with Crippen molar-refractivity contribution in [1.82, 2.24) is 10.6 Å². The van der Waals surface area contributed by atoms with E-state index in [2.05, 4.69) is 16.0 Å². The molecule has 1 unspecified atom stereocenters. The summed E-state index contributed by atoms with van der Waals surface area (Å²) in [7, 11) is 0. The van der Waals surface area contributed by atoms with E-state index in [4.69, 9.17) is 4.74 Å². The van der Waals surface area contributed by atoms with Crippen LogP contribution in [0.1, 0.15) is 24.1 Å². The van der Waals surface area contributed by atoms with Gasteiger partial charge in [-0.15, -0.1) is 0 Å². The lowest BCUT2D eigenvalue weighted by atomic mass is 9.94. The summed E-state index contributed by atoms with van der Waals surface area (Å²) in [6.45, 7) is 2.07. The number of nitrogens with zero attached hydrogens (tertiary/aromatic N) is 1. The van der Waals surface area contributed by atoms with Crippen LogP contribution in [0.4, 0.5) is 16.2 Å². The number of nitrogens with one attached hydrogen (secondary N) is 3. The van der Waals surface area contributed by atoms with Crippen molar-refractivity contribution < 1.29 is 19.2 Å². The molecule has 3 aromatic rings. The van der Waals surface area contributed by atoms with Crippen LogP contribution in [-0.4, -0.2) is 16.9 Å². The monoisotopic (exact) mass is 458 g/mol. The minimum atomic E-state index is -0.685. The molecule has 34 heavy (non-hydrogen) atoms. The molecule has 3 aromatic carbocycles. The molecule has 0 saturated carbocycles. The molecule has 3 N–H and O–H groups in total. The number of allylic oxidation sites excluding steroid dienone is 1. The predicted molar refractivity (Wildman–Crippen MR) is 126 cm³/mol. The Kier molecular flexibility index (Phi) is 6.54. The number of amides is 3. The summed E-state index contributed by atoms with van der Waals surface area (Å²) in [6.07, 6.45) is 0. The Morgan fingerprint density at radius 3 is 2.35 bits per heavy atom. The van der Waals surface area contributed by atoms with E-state index in [0.717, 1.165) is 5.56 Å². The summed E-state index contributed by atoms with van der Waals surface area (Å²) in [4.78, 5) is 35.6. The van der Waals surface area contributed by atoms with Gasteiger partial charge in [0.1, 0.15) is 12.4 Å². The molecule has 0 saturated heterocycles. The molecule has 1 atom stereocenters. The average Bonchev–Trinajstić information content (AvgIpc) is 2.83. The molecule has 1 heterocycles. The van der Waals surface area contributed by atoms with Crippen molar-refractivity contribution in [3.8, 4) is 5.75 Å². The number of non-ortho nitro benzene ring substituents is 1. The molecule has 4 rings (SSSR count). The third kappa shape index (κ3) is 5.21. The highest BCUT2D eigenvalue weighted by Gasteiger charge is 2.31. The number of hydrogen-bond acceptors (Lipinski definition) is 5. The highest BCUT2D eigenvalue weighted by atomic mass is 16.6. The Bertz CT molecular complexity index is 1240. The molecule has 0 fully saturated rings. The van der Waals surface area contributed by atoms with Gasteiger partial charge < -0.3 is 20.7 Å². The van der Waals surface area contributed by atoms with Gasteiger partial charge >= 0.3 is 6.03 Å². The lowest BCUT2D eigenvalue weighted by molar-refractivity contribution is -0.384. The summed E-state index contributed by atoms with van der Waals surface area (Å²) < 4.78 is 5.82. The molecule has 9 heteroatoms. The second-order valence-electron chi connectivity index (χ2n) is 7.67. The van der Waals surface area contributed by atoms with Crippen molar-refractivity contribution in [2.24, 2.45) is 0 Å². The Hall–Kier alpha value is -4.66. The van der Waals surface area contributed by atoms with Crippen molar-refractivity contribution in [2.45, 2.75) is 19.6 Å². The van der Waals surface area contributed by atoms with Crippen molar-refractivity contribution in [2.75, 3.05) is 5.32 Å². The fraction of sp³-hybridized carbons (Fsp3) is 0.120. The van der Waals surface area contributed by atoms with Crippen LogP contribution in [0.25, 0.3) is 0 Å². The number of urea groups is 1. The number of carbonyl (C=O) groups is 2. The first-order valence-electron chi connectivity index (χ1n) is 10.5. The molecule has 3 amide bonds. The summed E-state index contributed by atoms with van der Waals surface area (Å²) in [5, 5.41) is 19.0. The van der Waals surface area contributed by atoms with Crippen LogP contribution in [0, 0.1) is 10.1 Å². The minimum Gasteiger partial charge on any atom is -0.489 e. The fourth-order valence-corrected chi connectivity index (χ4v) is 3.61. The standard InChI is InChI=1S/C25H22N4O5/c1-16-22(24(30)27-19-9-11-20(12-10-19)29(32)33)23(28-25(31)26-16)18-7-13-21(14-8-18)34-15-17-5-3-2-4-6-17/h2-14,23H,15H2,1H3,(H,27,30)(H2,26,28,31). The average molecular weight is 458 g/mol. The van der Waals surface area contributed by atoms with Gasteiger partial charge in [0, 0.05) is 23.5 Å². The first-order chi connectivity index (χ1) is 16.4. The number of anilines is 1. The lowest BCUT2D eigenvalue weighted by Gasteiger charge is -2.28. The van der Waals surface area contributed by atoms with E-state index in [0.29, 0.717) is 34.9 Å². The van der Waals surface area contributed by atoms with Crippen LogP contribution >= 0.6 is 0 Å². The van der Waals surface area contributed by atoms with E-state index in [-0.39, 0.29) is 5.69 Å². The molecule has 0 radical (unpaired) electrons. The molecule has 1 aliphatic rings. The maximum absolute atomic E-state index is 13.1. The minimum absolute atomic E-state index is 0.0764. The largest absolute Gasteiger partial charge is 0.489 e. The maximum Gasteiger partial charge on any atom is 0.319 e. The molecular formula is C25H22N4O5. The number of nitro benzene ring substituents is 1. The zero-order valence-corrected chi connectivity index (χ0v) is 18.3. The first-order valence-corrected chi connectivity index (χ1v) is 10.5. The number of ether oxygens (including phenoxy) is 1. The number of hydrogen-bond donors (Lipinski definition) is 3. The summed E-state index contributed by atoms with van der Waals surface area (Å²) in [5.74, 6) is 0.221. The third-order valence-corrected chi connectivity index (χ3v) is 5.31. The van der Waals surface area contributed by atoms with Crippen molar-refractivity contribution in [3.63, 3.8) is 0 Å². The van der Waals surface area contributed by atoms with Gasteiger partial charge in [0.05, 0.1) is 16.5 Å². The molecule has 0 aromatic heterocycles. The molecule has 0 bridgehead atoms. The smallest absolute Gasteiger partial charge is 0.319 e. The highest BCUT2D eigenvalue weighted by Crippen LogP contribution is 2.29. The van der Waals surface area contributed by atoms with Gasteiger partial charge in [-0.1, -0.05) is 42.5 Å². The Morgan fingerprint density at radius 1 is 1.03 bits per heavy atom. The van der Waals surface area contributed by atoms with Crippen LogP contribution < -0.4 is 20.7 Å². The normalized spacial score (nSPS) is 15.2. The first kappa shape index (κ1) is 22.5. The topological polar surface area (TPSA) is 123 Å². The van der Waals surface area contributed by atoms with E-state index in [1.54, 1.807) is 31.2 Å². The molecular weight excluding hydrogens is 436 g/mol. The summed E-state index contributed by atoms with van der Waals surface area (Å²) >= 11 is 0.